The number of likely N-dealkylation sites (tertiary alicyclic amines) is 1. The topological polar surface area (TPSA) is 96.9 Å². The number of carbonyl (C=O) groups is 3. The first-order valence-corrected chi connectivity index (χ1v) is 15.3. The summed E-state index contributed by atoms with van der Waals surface area (Å²) in [6, 6.07) is 5.69. The van der Waals surface area contributed by atoms with Crippen molar-refractivity contribution in [3.8, 4) is 5.75 Å². The number of hydrogen-bond donors (Lipinski definition) is 1. The molecule has 2 saturated heterocycles. The lowest BCUT2D eigenvalue weighted by Gasteiger charge is -2.35. The van der Waals surface area contributed by atoms with Crippen molar-refractivity contribution >= 4 is 17.9 Å². The summed E-state index contributed by atoms with van der Waals surface area (Å²) in [5.74, 6) is -0.822. The Morgan fingerprint density at radius 2 is 1.90 bits per heavy atom. The summed E-state index contributed by atoms with van der Waals surface area (Å²) < 4.78 is 5.69. The predicted octanol–water partition coefficient (Wildman–Crippen LogP) is 2.82. The molecule has 2 fully saturated rings. The second-order valence-corrected chi connectivity index (χ2v) is 12.2. The number of ether oxygens (including phenoxy) is 1. The number of carboxylic acids is 1. The van der Waals surface area contributed by atoms with Crippen molar-refractivity contribution < 1.29 is 24.2 Å². The van der Waals surface area contributed by atoms with E-state index in [2.05, 4.69) is 22.8 Å². The number of unbranched alkanes of at least 4 members (excludes halogenated alkanes) is 1. The molecule has 3 aliphatic rings. The minimum absolute atomic E-state index is 0.00875. The van der Waals surface area contributed by atoms with Crippen LogP contribution in [0.3, 0.4) is 0 Å². The Hall–Kier alpha value is -2.85. The molecule has 41 heavy (non-hydrogen) atoms. The SMILES string of the molecule is CCCCN(CCCN(C)C)C(=O)CN1C[C@H](c2ccc3c(c2)CCO3)C(C(=O)O)[C@@H]1CCN1CCCN(C)C1=O. The lowest BCUT2D eigenvalue weighted by molar-refractivity contribution is -0.144. The molecule has 228 valence electrons. The van der Waals surface area contributed by atoms with Crippen molar-refractivity contribution in [3.05, 3.63) is 29.3 Å². The minimum Gasteiger partial charge on any atom is -0.493 e. The molecule has 3 amide bonds. The van der Waals surface area contributed by atoms with E-state index in [0.717, 1.165) is 62.1 Å². The van der Waals surface area contributed by atoms with Gasteiger partial charge in [0, 0.05) is 64.7 Å². The Kier molecular flexibility index (Phi) is 10.9. The number of benzene rings is 1. The standard InChI is InChI=1S/C31H49N5O5/c1-5-6-15-34(16-7-13-32(2)3)28(37)22-36-21-25(23-9-10-27-24(20-23)12-19-41-27)29(30(38)39)26(36)11-18-35-17-8-14-33(4)31(35)40/h9-10,20,25-26,29H,5-8,11-19,21-22H2,1-4H3,(H,38,39)/t25-,26+,29?/m1/s1. The third-order valence-electron chi connectivity index (χ3n) is 8.89. The Morgan fingerprint density at radius 1 is 1.12 bits per heavy atom. The second-order valence-electron chi connectivity index (χ2n) is 12.2. The largest absolute Gasteiger partial charge is 0.493 e. The molecular formula is C31H49N5O5. The maximum atomic E-state index is 13.7. The van der Waals surface area contributed by atoms with Gasteiger partial charge in [-0.1, -0.05) is 25.5 Å². The van der Waals surface area contributed by atoms with Gasteiger partial charge in [0.1, 0.15) is 5.75 Å². The van der Waals surface area contributed by atoms with Gasteiger partial charge in [0.15, 0.2) is 0 Å². The summed E-state index contributed by atoms with van der Waals surface area (Å²) in [6.07, 6.45) is 5.09. The molecule has 10 nitrogen and oxygen atoms in total. The van der Waals surface area contributed by atoms with Crippen molar-refractivity contribution in [2.45, 2.75) is 57.4 Å². The van der Waals surface area contributed by atoms with Crippen LogP contribution in [0, 0.1) is 5.92 Å². The Balaban J connectivity index is 1.56. The van der Waals surface area contributed by atoms with Crippen molar-refractivity contribution in [2.24, 2.45) is 5.92 Å². The van der Waals surface area contributed by atoms with Gasteiger partial charge < -0.3 is 29.4 Å². The number of nitrogens with zero attached hydrogens (tertiary/aromatic N) is 5. The molecule has 3 heterocycles. The Bertz CT molecular complexity index is 1070. The lowest BCUT2D eigenvalue weighted by atomic mass is 9.83. The molecule has 1 aromatic rings. The molecule has 3 atom stereocenters. The van der Waals surface area contributed by atoms with Crippen LogP contribution < -0.4 is 4.74 Å². The first-order chi connectivity index (χ1) is 19.7. The van der Waals surface area contributed by atoms with E-state index in [1.54, 1.807) is 4.90 Å². The van der Waals surface area contributed by atoms with E-state index < -0.39 is 11.9 Å². The first kappa shape index (κ1) is 31.1. The molecule has 0 radical (unpaired) electrons. The normalized spacial score (nSPS) is 22.8. The molecule has 0 aromatic heterocycles. The van der Waals surface area contributed by atoms with Crippen LogP contribution in [-0.2, 0) is 16.0 Å². The molecule has 0 spiro atoms. The maximum absolute atomic E-state index is 13.7. The van der Waals surface area contributed by atoms with E-state index in [0.29, 0.717) is 45.8 Å². The van der Waals surface area contributed by atoms with Crippen LogP contribution in [0.15, 0.2) is 18.2 Å². The highest BCUT2D eigenvalue weighted by atomic mass is 16.5. The third kappa shape index (κ3) is 7.71. The summed E-state index contributed by atoms with van der Waals surface area (Å²) in [6.45, 7) is 7.68. The van der Waals surface area contributed by atoms with Gasteiger partial charge in [0.25, 0.3) is 0 Å². The van der Waals surface area contributed by atoms with Crippen LogP contribution >= 0.6 is 0 Å². The Morgan fingerprint density at radius 3 is 2.63 bits per heavy atom. The third-order valence-corrected chi connectivity index (χ3v) is 8.89. The van der Waals surface area contributed by atoms with E-state index in [9.17, 15) is 19.5 Å². The van der Waals surface area contributed by atoms with Gasteiger partial charge in [0.05, 0.1) is 19.1 Å². The molecule has 1 unspecified atom stereocenters. The van der Waals surface area contributed by atoms with E-state index >= 15 is 0 Å². The highest BCUT2D eigenvalue weighted by molar-refractivity contribution is 5.79. The van der Waals surface area contributed by atoms with Gasteiger partial charge >= 0.3 is 12.0 Å². The van der Waals surface area contributed by atoms with Crippen molar-refractivity contribution in [1.82, 2.24) is 24.5 Å². The number of fused-ring (bicyclic) bond motifs is 1. The quantitative estimate of drug-likeness (QED) is 0.367. The smallest absolute Gasteiger partial charge is 0.319 e. The zero-order valence-corrected chi connectivity index (χ0v) is 25.4. The molecule has 1 aromatic carbocycles. The summed E-state index contributed by atoms with van der Waals surface area (Å²) >= 11 is 0. The molecule has 4 rings (SSSR count). The average molecular weight is 572 g/mol. The zero-order chi connectivity index (χ0) is 29.5. The molecule has 3 aliphatic heterocycles. The van der Waals surface area contributed by atoms with Crippen LogP contribution in [0.2, 0.25) is 0 Å². The first-order valence-electron chi connectivity index (χ1n) is 15.3. The van der Waals surface area contributed by atoms with E-state index in [1.165, 1.54) is 0 Å². The fraction of sp³-hybridized carbons (Fsp3) is 0.710. The van der Waals surface area contributed by atoms with Gasteiger partial charge in [-0.3, -0.25) is 14.5 Å². The van der Waals surface area contributed by atoms with Crippen LogP contribution in [0.25, 0.3) is 0 Å². The number of amides is 3. The van der Waals surface area contributed by atoms with Crippen LogP contribution in [-0.4, -0.2) is 134 Å². The fourth-order valence-electron chi connectivity index (χ4n) is 6.62. The number of hydrogen-bond acceptors (Lipinski definition) is 6. The minimum atomic E-state index is -0.845. The molecule has 0 aliphatic carbocycles. The number of aliphatic carboxylic acids is 1. The molecule has 1 N–H and O–H groups in total. The summed E-state index contributed by atoms with van der Waals surface area (Å²) in [5, 5.41) is 10.5. The number of rotatable bonds is 14. The average Bonchev–Trinajstić information content (AvgIpc) is 3.55. The summed E-state index contributed by atoms with van der Waals surface area (Å²) in [5.41, 5.74) is 2.11. The van der Waals surface area contributed by atoms with E-state index in [-0.39, 0.29) is 30.4 Å². The van der Waals surface area contributed by atoms with Gasteiger partial charge in [-0.25, -0.2) is 4.79 Å². The van der Waals surface area contributed by atoms with Gasteiger partial charge in [0.2, 0.25) is 5.91 Å². The predicted molar refractivity (Wildman–Crippen MR) is 158 cm³/mol. The Labute approximate surface area is 245 Å². The van der Waals surface area contributed by atoms with Gasteiger partial charge in [-0.05, 0) is 63.5 Å². The highest BCUT2D eigenvalue weighted by Crippen LogP contribution is 2.41. The van der Waals surface area contributed by atoms with Crippen LogP contribution in [0.5, 0.6) is 5.75 Å². The molecule has 0 bridgehead atoms. The van der Waals surface area contributed by atoms with Crippen LogP contribution in [0.1, 0.15) is 56.1 Å². The summed E-state index contributed by atoms with van der Waals surface area (Å²) in [7, 11) is 5.88. The van der Waals surface area contributed by atoms with Gasteiger partial charge in [-0.2, -0.15) is 0 Å². The molecule has 0 saturated carbocycles. The fourth-order valence-corrected chi connectivity index (χ4v) is 6.62. The lowest BCUT2D eigenvalue weighted by Crippen LogP contribution is -2.50. The monoisotopic (exact) mass is 571 g/mol. The van der Waals surface area contributed by atoms with Crippen molar-refractivity contribution in [2.75, 3.05) is 80.1 Å². The number of carboxylic acid groups (broad SMARTS) is 1. The number of carbonyl (C=O) groups excluding carboxylic acids is 2. The second kappa shape index (κ2) is 14.4. The van der Waals surface area contributed by atoms with Gasteiger partial charge in [-0.15, -0.1) is 0 Å². The summed E-state index contributed by atoms with van der Waals surface area (Å²) in [4.78, 5) is 49.1. The number of urea groups is 1. The van der Waals surface area contributed by atoms with Crippen molar-refractivity contribution in [1.29, 1.82) is 0 Å². The zero-order valence-electron chi connectivity index (χ0n) is 25.4. The van der Waals surface area contributed by atoms with Crippen molar-refractivity contribution in [3.63, 3.8) is 0 Å². The van der Waals surface area contributed by atoms with Crippen LogP contribution in [0.4, 0.5) is 4.79 Å². The van der Waals surface area contributed by atoms with E-state index in [4.69, 9.17) is 4.74 Å². The van der Waals surface area contributed by atoms with E-state index in [1.807, 2.05) is 43.1 Å². The molecule has 10 heteroatoms. The molecular weight excluding hydrogens is 522 g/mol. The highest BCUT2D eigenvalue weighted by Gasteiger charge is 2.47. The maximum Gasteiger partial charge on any atom is 0.319 e.